The molecular formula is C22H26N6O3S2. The van der Waals surface area contributed by atoms with E-state index in [1.165, 1.54) is 16.7 Å². The molecule has 0 unspecified atom stereocenters. The van der Waals surface area contributed by atoms with Gasteiger partial charge in [0.2, 0.25) is 5.91 Å². The van der Waals surface area contributed by atoms with Gasteiger partial charge in [0.1, 0.15) is 10.6 Å². The molecule has 33 heavy (non-hydrogen) atoms. The topological polar surface area (TPSA) is 102 Å². The van der Waals surface area contributed by atoms with Crippen LogP contribution in [0.4, 0.5) is 5.13 Å². The number of hydrogen-bond donors (Lipinski definition) is 1. The Morgan fingerprint density at radius 2 is 2.00 bits per heavy atom. The molecule has 0 atom stereocenters. The minimum atomic E-state index is -0.242. The maximum Gasteiger partial charge on any atom is 0.265 e. The van der Waals surface area contributed by atoms with Crippen LogP contribution in [-0.4, -0.2) is 62.9 Å². The third kappa shape index (κ3) is 5.99. The molecule has 0 radical (unpaired) electrons. The predicted molar refractivity (Wildman–Crippen MR) is 131 cm³/mol. The molecule has 3 rings (SSSR count). The van der Waals surface area contributed by atoms with Gasteiger partial charge in [0.05, 0.1) is 18.1 Å². The molecule has 0 aliphatic carbocycles. The number of benzene rings is 1. The minimum absolute atomic E-state index is 0.119. The van der Waals surface area contributed by atoms with Crippen LogP contribution < -0.4 is 10.1 Å². The summed E-state index contributed by atoms with van der Waals surface area (Å²) in [5, 5.41) is 12.3. The number of allylic oxidation sites excluding steroid dienone is 1. The summed E-state index contributed by atoms with van der Waals surface area (Å²) >= 11 is 2.43. The average Bonchev–Trinajstić information content (AvgIpc) is 3.35. The highest BCUT2D eigenvalue weighted by Crippen LogP contribution is 2.27. The summed E-state index contributed by atoms with van der Waals surface area (Å²) in [5.41, 5.74) is 1.48. The van der Waals surface area contributed by atoms with E-state index in [1.807, 2.05) is 35.8 Å². The molecule has 2 amide bonds. The highest BCUT2D eigenvalue weighted by atomic mass is 32.2. The van der Waals surface area contributed by atoms with E-state index in [2.05, 4.69) is 27.1 Å². The molecule has 11 heteroatoms. The SMILES string of the molecule is C=CCn1c(SCC(=O)Nc2nc(C)c(C(=O)N(C)C)s2)nnc1-c1ccc(OCC)cc1. The summed E-state index contributed by atoms with van der Waals surface area (Å²) < 4.78 is 7.40. The molecule has 1 N–H and O–H groups in total. The molecule has 0 saturated heterocycles. The van der Waals surface area contributed by atoms with Gasteiger partial charge in [-0.05, 0) is 38.1 Å². The van der Waals surface area contributed by atoms with Gasteiger partial charge in [-0.25, -0.2) is 4.98 Å². The van der Waals surface area contributed by atoms with E-state index in [4.69, 9.17) is 4.74 Å². The predicted octanol–water partition coefficient (Wildman–Crippen LogP) is 3.73. The van der Waals surface area contributed by atoms with Crippen LogP contribution in [0.15, 0.2) is 42.1 Å². The van der Waals surface area contributed by atoms with Crippen molar-refractivity contribution < 1.29 is 14.3 Å². The lowest BCUT2D eigenvalue weighted by Gasteiger charge is -2.08. The van der Waals surface area contributed by atoms with Gasteiger partial charge in [0.25, 0.3) is 5.91 Å². The third-order valence-electron chi connectivity index (χ3n) is 4.43. The molecule has 0 bridgehead atoms. The quantitative estimate of drug-likeness (QED) is 0.344. The fourth-order valence-corrected chi connectivity index (χ4v) is 4.66. The smallest absolute Gasteiger partial charge is 0.265 e. The fraction of sp³-hybridized carbons (Fsp3) is 0.318. The van der Waals surface area contributed by atoms with Crippen LogP contribution in [0.25, 0.3) is 11.4 Å². The van der Waals surface area contributed by atoms with E-state index in [0.717, 1.165) is 22.6 Å². The number of ether oxygens (including phenoxy) is 1. The summed E-state index contributed by atoms with van der Waals surface area (Å²) in [5.74, 6) is 1.21. The average molecular weight is 487 g/mol. The molecule has 2 heterocycles. The molecular weight excluding hydrogens is 460 g/mol. The molecule has 9 nitrogen and oxygen atoms in total. The number of anilines is 1. The first-order chi connectivity index (χ1) is 15.8. The van der Waals surface area contributed by atoms with E-state index in [-0.39, 0.29) is 17.6 Å². The van der Waals surface area contributed by atoms with Crippen molar-refractivity contribution in [2.75, 3.05) is 31.8 Å². The van der Waals surface area contributed by atoms with Crippen molar-refractivity contribution >= 4 is 40.0 Å². The molecule has 0 aliphatic heterocycles. The molecule has 1 aromatic carbocycles. The van der Waals surface area contributed by atoms with Crippen LogP contribution in [0.3, 0.4) is 0 Å². The van der Waals surface area contributed by atoms with Gasteiger partial charge in [0.15, 0.2) is 16.1 Å². The van der Waals surface area contributed by atoms with E-state index < -0.39 is 0 Å². The van der Waals surface area contributed by atoms with Gasteiger partial charge in [0, 0.05) is 26.2 Å². The molecule has 0 spiro atoms. The molecule has 0 saturated carbocycles. The fourth-order valence-electron chi connectivity index (χ4n) is 2.91. The minimum Gasteiger partial charge on any atom is -0.494 e. The van der Waals surface area contributed by atoms with Crippen LogP contribution >= 0.6 is 23.1 Å². The highest BCUT2D eigenvalue weighted by molar-refractivity contribution is 7.99. The summed E-state index contributed by atoms with van der Waals surface area (Å²) in [6.07, 6.45) is 1.76. The second-order valence-electron chi connectivity index (χ2n) is 7.13. The van der Waals surface area contributed by atoms with Gasteiger partial charge in [-0.15, -0.1) is 16.8 Å². The van der Waals surface area contributed by atoms with E-state index in [0.29, 0.717) is 39.8 Å². The second-order valence-corrected chi connectivity index (χ2v) is 9.07. The van der Waals surface area contributed by atoms with Crippen LogP contribution in [-0.2, 0) is 11.3 Å². The number of thioether (sulfide) groups is 1. The zero-order valence-electron chi connectivity index (χ0n) is 19.0. The van der Waals surface area contributed by atoms with Crippen molar-refractivity contribution in [1.82, 2.24) is 24.6 Å². The summed E-state index contributed by atoms with van der Waals surface area (Å²) in [6, 6.07) is 7.62. The number of aromatic nitrogens is 4. The number of nitrogens with one attached hydrogen (secondary N) is 1. The number of carbonyl (C=O) groups excluding carboxylic acids is 2. The van der Waals surface area contributed by atoms with E-state index >= 15 is 0 Å². The molecule has 2 aromatic heterocycles. The summed E-state index contributed by atoms with van der Waals surface area (Å²) in [6.45, 7) is 8.60. The molecule has 0 aliphatic rings. The Labute approximate surface area is 200 Å². The molecule has 174 valence electrons. The Morgan fingerprint density at radius 3 is 2.64 bits per heavy atom. The first-order valence-electron chi connectivity index (χ1n) is 10.2. The second kappa shape index (κ2) is 11.1. The maximum atomic E-state index is 12.5. The Kier molecular flexibility index (Phi) is 8.23. The van der Waals surface area contributed by atoms with Crippen molar-refractivity contribution in [3.63, 3.8) is 0 Å². The monoisotopic (exact) mass is 486 g/mol. The van der Waals surface area contributed by atoms with Crippen LogP contribution in [0.5, 0.6) is 5.75 Å². The van der Waals surface area contributed by atoms with Crippen molar-refractivity contribution in [3.8, 4) is 17.1 Å². The number of rotatable bonds is 10. The number of amides is 2. The van der Waals surface area contributed by atoms with Crippen molar-refractivity contribution in [1.29, 1.82) is 0 Å². The normalized spacial score (nSPS) is 10.7. The zero-order valence-corrected chi connectivity index (χ0v) is 20.6. The molecule has 0 fully saturated rings. The van der Waals surface area contributed by atoms with Crippen LogP contribution in [0, 0.1) is 6.92 Å². The van der Waals surface area contributed by atoms with Crippen LogP contribution in [0.1, 0.15) is 22.3 Å². The number of nitrogens with zero attached hydrogens (tertiary/aromatic N) is 5. The van der Waals surface area contributed by atoms with E-state index in [1.54, 1.807) is 27.1 Å². The zero-order chi connectivity index (χ0) is 24.0. The highest BCUT2D eigenvalue weighted by Gasteiger charge is 2.19. The summed E-state index contributed by atoms with van der Waals surface area (Å²) in [4.78, 5) is 31.0. The van der Waals surface area contributed by atoms with Crippen molar-refractivity contribution in [2.45, 2.75) is 25.5 Å². The number of aryl methyl sites for hydroxylation is 1. The Balaban J connectivity index is 1.68. The number of hydrogen-bond acceptors (Lipinski definition) is 8. The number of carbonyl (C=O) groups is 2. The lowest BCUT2D eigenvalue weighted by Crippen LogP contribution is -2.21. The van der Waals surface area contributed by atoms with E-state index in [9.17, 15) is 9.59 Å². The van der Waals surface area contributed by atoms with Crippen molar-refractivity contribution in [3.05, 3.63) is 47.5 Å². The Morgan fingerprint density at radius 1 is 1.27 bits per heavy atom. The lowest BCUT2D eigenvalue weighted by atomic mass is 10.2. The first kappa shape index (κ1) is 24.5. The maximum absolute atomic E-state index is 12.5. The summed E-state index contributed by atoms with van der Waals surface area (Å²) in [7, 11) is 3.36. The van der Waals surface area contributed by atoms with Gasteiger partial charge < -0.3 is 15.0 Å². The van der Waals surface area contributed by atoms with Gasteiger partial charge in [-0.2, -0.15) is 0 Å². The Hall–Kier alpha value is -3.18. The van der Waals surface area contributed by atoms with Gasteiger partial charge >= 0.3 is 0 Å². The largest absolute Gasteiger partial charge is 0.494 e. The van der Waals surface area contributed by atoms with Crippen molar-refractivity contribution in [2.24, 2.45) is 0 Å². The number of thiazole rings is 1. The van der Waals surface area contributed by atoms with Gasteiger partial charge in [-0.1, -0.05) is 29.2 Å². The first-order valence-corrected chi connectivity index (χ1v) is 12.0. The van der Waals surface area contributed by atoms with Gasteiger partial charge in [-0.3, -0.25) is 14.2 Å². The molecule has 3 aromatic rings. The lowest BCUT2D eigenvalue weighted by molar-refractivity contribution is -0.113. The van der Waals surface area contributed by atoms with Crippen LogP contribution in [0.2, 0.25) is 0 Å². The standard InChI is InChI=1S/C22H26N6O3S2/c1-6-12-28-19(15-8-10-16(11-9-15)31-7-2)25-26-22(28)32-13-17(29)24-21-23-14(3)18(33-21)20(30)27(4)5/h6,8-11H,1,7,12-13H2,2-5H3,(H,23,24,29). The third-order valence-corrected chi connectivity index (χ3v) is 6.46. The Bertz CT molecular complexity index is 1140.